The first-order valence-corrected chi connectivity index (χ1v) is 13.3. The van der Waals surface area contributed by atoms with E-state index < -0.39 is 17.8 Å². The lowest BCUT2D eigenvalue weighted by Crippen LogP contribution is -2.37. The standard InChI is InChI=1S/C26H28ClFN4O4S/c1-3-36-20(33)10-11-29-17-7-4-15(5-8-17)22-21(26(34)35-2)23(18-9-6-16(28)14-19(18)27)32-24(31-22)25-30-12-13-37-25/h6-7,9,12-15,23,29H,3-5,8,10-11H2,1-2H3,(H,31,32)/t15-,23?/m0/s1. The lowest BCUT2D eigenvalue weighted by Gasteiger charge is -2.33. The number of aromatic nitrogens is 1. The number of methoxy groups -OCH3 is 1. The van der Waals surface area contributed by atoms with Crippen molar-refractivity contribution < 1.29 is 23.5 Å². The number of halogens is 2. The number of thiazole rings is 1. The first kappa shape index (κ1) is 26.8. The molecule has 2 heterocycles. The molecule has 2 aromatic rings. The van der Waals surface area contributed by atoms with Crippen molar-refractivity contribution in [1.82, 2.24) is 15.6 Å². The van der Waals surface area contributed by atoms with Crippen LogP contribution in [0.25, 0.3) is 0 Å². The predicted molar refractivity (Wildman–Crippen MR) is 140 cm³/mol. The molecule has 0 radical (unpaired) electrons. The monoisotopic (exact) mass is 546 g/mol. The largest absolute Gasteiger partial charge is 0.466 e. The highest BCUT2D eigenvalue weighted by atomic mass is 35.5. The molecular formula is C26H28ClFN4O4S. The summed E-state index contributed by atoms with van der Waals surface area (Å²) < 4.78 is 24.0. The number of esters is 2. The number of carbonyl (C=O) groups is 2. The topological polar surface area (TPSA) is 102 Å². The second-order valence-electron chi connectivity index (χ2n) is 8.51. The van der Waals surface area contributed by atoms with Gasteiger partial charge in [0, 0.05) is 46.0 Å². The second kappa shape index (κ2) is 12.3. The average Bonchev–Trinajstić information content (AvgIpc) is 3.43. The van der Waals surface area contributed by atoms with Gasteiger partial charge in [-0.15, -0.1) is 11.3 Å². The number of amidine groups is 1. The van der Waals surface area contributed by atoms with E-state index in [1.54, 1.807) is 19.2 Å². The average molecular weight is 547 g/mol. The number of ether oxygens (including phenoxy) is 2. The third-order valence-electron chi connectivity index (χ3n) is 6.18. The van der Waals surface area contributed by atoms with Crippen molar-refractivity contribution in [2.75, 3.05) is 20.3 Å². The summed E-state index contributed by atoms with van der Waals surface area (Å²) in [6, 6.07) is 3.27. The van der Waals surface area contributed by atoms with E-state index in [4.69, 9.17) is 26.1 Å². The fraction of sp³-hybridized carbons (Fsp3) is 0.385. The Bertz CT molecular complexity index is 1250. The highest BCUT2D eigenvalue weighted by Gasteiger charge is 2.36. The van der Waals surface area contributed by atoms with Crippen LogP contribution in [-0.4, -0.2) is 43.0 Å². The molecule has 1 aliphatic heterocycles. The van der Waals surface area contributed by atoms with E-state index >= 15 is 0 Å². The van der Waals surface area contributed by atoms with Crippen LogP contribution in [-0.2, 0) is 19.1 Å². The Morgan fingerprint density at radius 3 is 2.84 bits per heavy atom. The van der Waals surface area contributed by atoms with E-state index in [0.29, 0.717) is 53.7 Å². The molecule has 1 aliphatic carbocycles. The number of aliphatic imine (C=N–C) groups is 1. The smallest absolute Gasteiger partial charge is 0.338 e. The number of carbonyl (C=O) groups excluding carboxylic acids is 2. The third kappa shape index (κ3) is 6.37. The zero-order chi connectivity index (χ0) is 26.4. The van der Waals surface area contributed by atoms with Crippen LogP contribution >= 0.6 is 22.9 Å². The number of nitrogens with zero attached hydrogens (tertiary/aromatic N) is 2. The van der Waals surface area contributed by atoms with E-state index in [1.807, 2.05) is 5.38 Å². The van der Waals surface area contributed by atoms with Crippen molar-refractivity contribution in [3.63, 3.8) is 0 Å². The minimum atomic E-state index is -0.788. The normalized spacial score (nSPS) is 19.5. The van der Waals surface area contributed by atoms with E-state index in [0.717, 1.165) is 18.5 Å². The molecule has 0 saturated heterocycles. The van der Waals surface area contributed by atoms with Crippen LogP contribution in [0.4, 0.5) is 4.39 Å². The van der Waals surface area contributed by atoms with Gasteiger partial charge >= 0.3 is 11.9 Å². The van der Waals surface area contributed by atoms with Gasteiger partial charge in [0.05, 0.1) is 25.7 Å². The fourth-order valence-electron chi connectivity index (χ4n) is 4.43. The van der Waals surface area contributed by atoms with Gasteiger partial charge in [0.25, 0.3) is 0 Å². The lowest BCUT2D eigenvalue weighted by molar-refractivity contribution is -0.143. The summed E-state index contributed by atoms with van der Waals surface area (Å²) in [5, 5.41) is 9.34. The summed E-state index contributed by atoms with van der Waals surface area (Å²) >= 11 is 7.84. The Morgan fingerprint density at radius 1 is 1.35 bits per heavy atom. The summed E-state index contributed by atoms with van der Waals surface area (Å²) in [6.45, 7) is 2.64. The molecule has 0 fully saturated rings. The number of rotatable bonds is 9. The van der Waals surface area contributed by atoms with Crippen LogP contribution in [0, 0.1) is 11.7 Å². The van der Waals surface area contributed by atoms with Gasteiger partial charge in [-0.3, -0.25) is 9.79 Å². The molecule has 1 aromatic heterocycles. The van der Waals surface area contributed by atoms with Gasteiger partial charge < -0.3 is 20.1 Å². The molecule has 4 rings (SSSR count). The number of benzene rings is 1. The minimum absolute atomic E-state index is 0.0307. The van der Waals surface area contributed by atoms with Gasteiger partial charge in [-0.1, -0.05) is 23.7 Å². The fourth-order valence-corrected chi connectivity index (χ4v) is 5.29. The maximum atomic E-state index is 13.8. The van der Waals surface area contributed by atoms with Crippen molar-refractivity contribution in [3.05, 3.63) is 74.2 Å². The van der Waals surface area contributed by atoms with Crippen LogP contribution in [0.15, 0.2) is 57.8 Å². The number of allylic oxidation sites excluding steroid dienone is 3. The molecule has 0 saturated carbocycles. The van der Waals surface area contributed by atoms with Gasteiger partial charge in [0.1, 0.15) is 11.9 Å². The number of hydrogen-bond donors (Lipinski definition) is 2. The van der Waals surface area contributed by atoms with E-state index in [-0.39, 0.29) is 16.9 Å². The van der Waals surface area contributed by atoms with Gasteiger partial charge in [0.2, 0.25) is 0 Å². The minimum Gasteiger partial charge on any atom is -0.466 e. The molecule has 0 spiro atoms. The molecule has 2 aliphatic rings. The first-order valence-electron chi connectivity index (χ1n) is 12.0. The summed E-state index contributed by atoms with van der Waals surface area (Å²) in [6.07, 6.45) is 6.19. The van der Waals surface area contributed by atoms with Gasteiger partial charge in [-0.05, 0) is 38.3 Å². The Balaban J connectivity index is 1.64. The van der Waals surface area contributed by atoms with Crippen LogP contribution in [0.3, 0.4) is 0 Å². The van der Waals surface area contributed by atoms with Gasteiger partial charge in [-0.25, -0.2) is 14.2 Å². The molecule has 0 amide bonds. The lowest BCUT2D eigenvalue weighted by atomic mass is 9.84. The van der Waals surface area contributed by atoms with Crippen molar-refractivity contribution in [1.29, 1.82) is 0 Å². The van der Waals surface area contributed by atoms with Crippen molar-refractivity contribution in [3.8, 4) is 0 Å². The Labute approximate surface area is 223 Å². The first-order chi connectivity index (χ1) is 17.9. The van der Waals surface area contributed by atoms with Crippen LogP contribution in [0.1, 0.15) is 49.2 Å². The van der Waals surface area contributed by atoms with Crippen molar-refractivity contribution >= 4 is 40.7 Å². The van der Waals surface area contributed by atoms with Crippen molar-refractivity contribution in [2.45, 2.75) is 38.6 Å². The molecule has 0 bridgehead atoms. The Morgan fingerprint density at radius 2 is 2.19 bits per heavy atom. The zero-order valence-electron chi connectivity index (χ0n) is 20.6. The molecular weight excluding hydrogens is 519 g/mol. The quantitative estimate of drug-likeness (QED) is 0.440. The van der Waals surface area contributed by atoms with E-state index in [9.17, 15) is 14.0 Å². The summed E-state index contributed by atoms with van der Waals surface area (Å²) in [7, 11) is 1.32. The van der Waals surface area contributed by atoms with Crippen LogP contribution in [0.5, 0.6) is 0 Å². The summed E-state index contributed by atoms with van der Waals surface area (Å²) in [5.41, 5.74) is 2.58. The van der Waals surface area contributed by atoms with Gasteiger partial charge in [0.15, 0.2) is 10.8 Å². The Hall–Kier alpha value is -3.24. The molecule has 2 N–H and O–H groups in total. The van der Waals surface area contributed by atoms with E-state index in [1.165, 1.54) is 30.6 Å². The number of nitrogens with one attached hydrogen (secondary N) is 2. The van der Waals surface area contributed by atoms with Crippen LogP contribution < -0.4 is 10.6 Å². The molecule has 1 unspecified atom stereocenters. The summed E-state index contributed by atoms with van der Waals surface area (Å²) in [4.78, 5) is 33.9. The Kier molecular flexibility index (Phi) is 8.94. The molecule has 196 valence electrons. The molecule has 11 heteroatoms. The van der Waals surface area contributed by atoms with Crippen molar-refractivity contribution in [2.24, 2.45) is 10.9 Å². The third-order valence-corrected chi connectivity index (χ3v) is 7.28. The maximum Gasteiger partial charge on any atom is 0.338 e. The SMILES string of the molecule is CCOC(=O)CCNC1=CC[C@H](C2=C(C(=O)OC)C(c3ccc(F)cc3Cl)N=C(c3nccs3)N2)CC1. The number of hydrogen-bond acceptors (Lipinski definition) is 9. The zero-order valence-corrected chi connectivity index (χ0v) is 22.1. The molecule has 37 heavy (non-hydrogen) atoms. The highest BCUT2D eigenvalue weighted by molar-refractivity contribution is 7.11. The highest BCUT2D eigenvalue weighted by Crippen LogP contribution is 2.40. The maximum absolute atomic E-state index is 13.8. The summed E-state index contributed by atoms with van der Waals surface area (Å²) in [5.74, 6) is -0.751. The predicted octanol–water partition coefficient (Wildman–Crippen LogP) is 4.68. The van der Waals surface area contributed by atoms with E-state index in [2.05, 4.69) is 21.7 Å². The van der Waals surface area contributed by atoms with Gasteiger partial charge in [-0.2, -0.15) is 0 Å². The molecule has 8 nitrogen and oxygen atoms in total. The second-order valence-corrected chi connectivity index (χ2v) is 9.81. The molecule has 1 aromatic carbocycles. The molecule has 2 atom stereocenters. The van der Waals surface area contributed by atoms with Crippen LogP contribution in [0.2, 0.25) is 5.02 Å².